The lowest BCUT2D eigenvalue weighted by Crippen LogP contribution is -2.46. The number of rotatable bonds is 7. The van der Waals surface area contributed by atoms with Crippen LogP contribution in [0.2, 0.25) is 0 Å². The number of carboxylic acid groups (broad SMARTS) is 1. The highest BCUT2D eigenvalue weighted by Gasteiger charge is 2.24. The van der Waals surface area contributed by atoms with Crippen LogP contribution in [0.25, 0.3) is 5.69 Å². The van der Waals surface area contributed by atoms with Crippen LogP contribution < -0.4 is 0 Å². The maximum atomic E-state index is 11.0. The van der Waals surface area contributed by atoms with Gasteiger partial charge in [0, 0.05) is 18.3 Å². The maximum absolute atomic E-state index is 11.0. The Morgan fingerprint density at radius 3 is 2.41 bits per heavy atom. The number of likely N-dealkylation sites (N-methyl/N-ethyl adjacent to an activating group) is 1. The first kappa shape index (κ1) is 19.6. The number of hydrogen-bond acceptors (Lipinski definition) is 4. The van der Waals surface area contributed by atoms with E-state index in [2.05, 4.69) is 52.2 Å². The summed E-state index contributed by atoms with van der Waals surface area (Å²) < 4.78 is 1.98. The molecule has 0 bridgehead atoms. The van der Waals surface area contributed by atoms with E-state index in [1.165, 1.54) is 5.56 Å². The summed E-state index contributed by atoms with van der Waals surface area (Å²) in [6.45, 7) is 10.0. The Bertz CT molecular complexity index is 761. The standard InChI is InChI=1S/C21H30N4O2/c1-4-24(15-21(26)27)19-9-11-23(12-10-19)14-18-5-7-20(8-6-18)25-17(3)13-16(2)22-25/h5-8,13,19H,4,9-12,14-15H2,1-3H3,(H,26,27). The van der Waals surface area contributed by atoms with E-state index >= 15 is 0 Å². The van der Waals surface area contributed by atoms with Crippen LogP contribution in [-0.2, 0) is 11.3 Å². The number of benzene rings is 1. The zero-order valence-corrected chi connectivity index (χ0v) is 16.6. The van der Waals surface area contributed by atoms with E-state index in [-0.39, 0.29) is 6.54 Å². The molecule has 1 fully saturated rings. The summed E-state index contributed by atoms with van der Waals surface area (Å²) in [6, 6.07) is 11.1. The smallest absolute Gasteiger partial charge is 0.317 e. The summed E-state index contributed by atoms with van der Waals surface area (Å²) in [5, 5.41) is 13.6. The topological polar surface area (TPSA) is 61.6 Å². The van der Waals surface area contributed by atoms with Crippen LogP contribution in [-0.4, -0.2) is 62.9 Å². The Hall–Kier alpha value is -2.18. The van der Waals surface area contributed by atoms with Gasteiger partial charge in [-0.1, -0.05) is 19.1 Å². The molecule has 1 saturated heterocycles. The van der Waals surface area contributed by atoms with Crippen LogP contribution in [0.5, 0.6) is 0 Å². The fourth-order valence-electron chi connectivity index (χ4n) is 4.01. The molecule has 3 rings (SSSR count). The average molecular weight is 370 g/mol. The van der Waals surface area contributed by atoms with Crippen molar-refractivity contribution >= 4 is 5.97 Å². The summed E-state index contributed by atoms with van der Waals surface area (Å²) in [6.07, 6.45) is 2.07. The molecule has 0 radical (unpaired) electrons. The zero-order chi connectivity index (χ0) is 19.4. The number of aromatic nitrogens is 2. The SMILES string of the molecule is CCN(CC(=O)O)C1CCN(Cc2ccc(-n3nc(C)cc3C)cc2)CC1. The van der Waals surface area contributed by atoms with E-state index < -0.39 is 5.97 Å². The molecule has 0 atom stereocenters. The van der Waals surface area contributed by atoms with Crippen molar-refractivity contribution in [2.24, 2.45) is 0 Å². The van der Waals surface area contributed by atoms with Crippen LogP contribution in [0.4, 0.5) is 0 Å². The molecule has 1 N–H and O–H groups in total. The molecular weight excluding hydrogens is 340 g/mol. The first-order valence-electron chi connectivity index (χ1n) is 9.77. The van der Waals surface area contributed by atoms with Crippen LogP contribution in [0.15, 0.2) is 30.3 Å². The Morgan fingerprint density at radius 1 is 1.22 bits per heavy atom. The van der Waals surface area contributed by atoms with Gasteiger partial charge in [0.25, 0.3) is 0 Å². The number of aryl methyl sites for hydroxylation is 2. The Labute approximate surface area is 161 Å². The Morgan fingerprint density at radius 2 is 1.89 bits per heavy atom. The molecule has 146 valence electrons. The minimum absolute atomic E-state index is 0.148. The van der Waals surface area contributed by atoms with Crippen molar-refractivity contribution in [1.29, 1.82) is 0 Å². The molecule has 2 heterocycles. The molecule has 1 aliphatic rings. The second-order valence-electron chi connectivity index (χ2n) is 7.47. The number of carbonyl (C=O) groups is 1. The Kier molecular flexibility index (Phi) is 6.29. The average Bonchev–Trinajstić information content (AvgIpc) is 2.99. The van der Waals surface area contributed by atoms with E-state index in [1.807, 2.05) is 18.5 Å². The lowest BCUT2D eigenvalue weighted by Gasteiger charge is -2.37. The van der Waals surface area contributed by atoms with Gasteiger partial charge in [-0.05, 0) is 70.1 Å². The summed E-state index contributed by atoms with van der Waals surface area (Å²) in [4.78, 5) is 15.6. The van der Waals surface area contributed by atoms with Crippen molar-refractivity contribution in [2.45, 2.75) is 46.2 Å². The molecule has 0 unspecified atom stereocenters. The molecule has 1 aromatic heterocycles. The molecule has 1 aliphatic heterocycles. The first-order chi connectivity index (χ1) is 13.0. The van der Waals surface area contributed by atoms with Gasteiger partial charge in [0.15, 0.2) is 0 Å². The van der Waals surface area contributed by atoms with Crippen molar-refractivity contribution in [3.05, 3.63) is 47.3 Å². The van der Waals surface area contributed by atoms with E-state index in [0.717, 1.165) is 56.1 Å². The number of carboxylic acids is 1. The second kappa shape index (κ2) is 8.67. The molecule has 27 heavy (non-hydrogen) atoms. The van der Waals surface area contributed by atoms with E-state index in [9.17, 15) is 4.79 Å². The zero-order valence-electron chi connectivity index (χ0n) is 16.6. The first-order valence-corrected chi connectivity index (χ1v) is 9.77. The highest BCUT2D eigenvalue weighted by atomic mass is 16.4. The number of aliphatic carboxylic acids is 1. The van der Waals surface area contributed by atoms with Gasteiger partial charge < -0.3 is 5.11 Å². The van der Waals surface area contributed by atoms with Gasteiger partial charge in [0.05, 0.1) is 17.9 Å². The van der Waals surface area contributed by atoms with Gasteiger partial charge in [-0.2, -0.15) is 5.10 Å². The molecule has 0 saturated carbocycles. The molecule has 6 heteroatoms. The van der Waals surface area contributed by atoms with Crippen molar-refractivity contribution in [3.63, 3.8) is 0 Å². The number of nitrogens with zero attached hydrogens (tertiary/aromatic N) is 4. The van der Waals surface area contributed by atoms with Crippen molar-refractivity contribution < 1.29 is 9.90 Å². The lowest BCUT2D eigenvalue weighted by molar-refractivity contribution is -0.139. The lowest BCUT2D eigenvalue weighted by atomic mass is 10.0. The summed E-state index contributed by atoms with van der Waals surface area (Å²) in [5.41, 5.74) is 4.57. The van der Waals surface area contributed by atoms with Gasteiger partial charge in [-0.25, -0.2) is 4.68 Å². The minimum Gasteiger partial charge on any atom is -0.480 e. The van der Waals surface area contributed by atoms with Crippen molar-refractivity contribution in [3.8, 4) is 5.69 Å². The minimum atomic E-state index is -0.734. The van der Waals surface area contributed by atoms with Crippen molar-refractivity contribution in [2.75, 3.05) is 26.2 Å². The third kappa shape index (κ3) is 4.96. The van der Waals surface area contributed by atoms with Crippen LogP contribution in [0.3, 0.4) is 0 Å². The van der Waals surface area contributed by atoms with Gasteiger partial charge in [-0.15, -0.1) is 0 Å². The number of hydrogen-bond donors (Lipinski definition) is 1. The van der Waals surface area contributed by atoms with E-state index in [4.69, 9.17) is 5.11 Å². The molecule has 6 nitrogen and oxygen atoms in total. The second-order valence-corrected chi connectivity index (χ2v) is 7.47. The Balaban J connectivity index is 1.55. The van der Waals surface area contributed by atoms with Crippen LogP contribution in [0, 0.1) is 13.8 Å². The summed E-state index contributed by atoms with van der Waals surface area (Å²) >= 11 is 0. The fraction of sp³-hybridized carbons (Fsp3) is 0.524. The monoisotopic (exact) mass is 370 g/mol. The number of likely N-dealkylation sites (tertiary alicyclic amines) is 1. The van der Waals surface area contributed by atoms with E-state index in [1.54, 1.807) is 0 Å². The largest absolute Gasteiger partial charge is 0.480 e. The van der Waals surface area contributed by atoms with Crippen LogP contribution in [0.1, 0.15) is 36.7 Å². The molecular formula is C21H30N4O2. The van der Waals surface area contributed by atoms with Gasteiger partial charge in [0.2, 0.25) is 0 Å². The fourth-order valence-corrected chi connectivity index (χ4v) is 4.01. The molecule has 0 amide bonds. The summed E-state index contributed by atoms with van der Waals surface area (Å²) in [7, 11) is 0. The van der Waals surface area contributed by atoms with Crippen LogP contribution >= 0.6 is 0 Å². The van der Waals surface area contributed by atoms with Gasteiger partial charge in [-0.3, -0.25) is 14.6 Å². The molecule has 2 aromatic rings. The summed E-state index contributed by atoms with van der Waals surface area (Å²) in [5.74, 6) is -0.734. The van der Waals surface area contributed by atoms with Gasteiger partial charge in [0.1, 0.15) is 0 Å². The third-order valence-electron chi connectivity index (χ3n) is 5.41. The molecule has 1 aromatic carbocycles. The predicted molar refractivity (Wildman–Crippen MR) is 106 cm³/mol. The van der Waals surface area contributed by atoms with Crippen molar-refractivity contribution in [1.82, 2.24) is 19.6 Å². The quantitative estimate of drug-likeness (QED) is 0.812. The highest BCUT2D eigenvalue weighted by molar-refractivity contribution is 5.69. The van der Waals surface area contributed by atoms with Gasteiger partial charge >= 0.3 is 5.97 Å². The normalized spacial score (nSPS) is 16.1. The molecule has 0 spiro atoms. The predicted octanol–water partition coefficient (Wildman–Crippen LogP) is 2.86. The third-order valence-corrected chi connectivity index (χ3v) is 5.41. The maximum Gasteiger partial charge on any atom is 0.317 e. The highest BCUT2D eigenvalue weighted by Crippen LogP contribution is 2.19. The molecule has 0 aliphatic carbocycles. The number of piperidine rings is 1. The van der Waals surface area contributed by atoms with E-state index in [0.29, 0.717) is 6.04 Å².